The maximum atomic E-state index is 12.9. The van der Waals surface area contributed by atoms with Crippen molar-refractivity contribution in [2.75, 3.05) is 5.43 Å². The molecule has 0 fully saturated rings. The lowest BCUT2D eigenvalue weighted by Crippen LogP contribution is -2.37. The van der Waals surface area contributed by atoms with Crippen molar-refractivity contribution < 1.29 is 9.34 Å². The molecule has 3 heterocycles. The second-order valence-corrected chi connectivity index (χ2v) is 7.07. The molecule has 0 amide bonds. The van der Waals surface area contributed by atoms with E-state index in [9.17, 15) is 19.7 Å². The molecule has 12 nitrogen and oxygen atoms in total. The molecule has 0 unspecified atom stereocenters. The molecule has 0 aliphatic carbocycles. The highest BCUT2D eigenvalue weighted by Crippen LogP contribution is 2.18. The lowest BCUT2D eigenvalue weighted by molar-refractivity contribution is -0.402. The number of hydrogen-bond acceptors (Lipinski definition) is 8. The van der Waals surface area contributed by atoms with Gasteiger partial charge >= 0.3 is 11.6 Å². The first-order valence-corrected chi connectivity index (χ1v) is 9.77. The van der Waals surface area contributed by atoms with Gasteiger partial charge in [0.15, 0.2) is 11.2 Å². The van der Waals surface area contributed by atoms with Crippen LogP contribution in [0.4, 0.5) is 11.8 Å². The molecule has 0 spiro atoms. The fraction of sp³-hybridized carbons (Fsp3) is 0.143. The number of hydrazone groups is 1. The molecule has 0 saturated heterocycles. The van der Waals surface area contributed by atoms with Gasteiger partial charge in [0.25, 0.3) is 5.56 Å². The van der Waals surface area contributed by atoms with Gasteiger partial charge in [-0.3, -0.25) is 28.6 Å². The minimum Gasteiger partial charge on any atom is -0.401 e. The van der Waals surface area contributed by atoms with Crippen LogP contribution in [0.1, 0.15) is 11.3 Å². The van der Waals surface area contributed by atoms with Gasteiger partial charge in [0, 0.05) is 20.3 Å². The number of nitrogens with one attached hydrogen (secondary N) is 1. The Hall–Kier alpha value is -4.74. The number of fused-ring (bicyclic) bond motifs is 1. The van der Waals surface area contributed by atoms with Crippen LogP contribution in [-0.4, -0.2) is 29.8 Å². The average Bonchev–Trinajstić information content (AvgIpc) is 3.42. The SMILES string of the molecule is Cn1c(=O)c2c(nc(N/N=C\C=C\c3ccc([N+](=O)[O-])o3)n2Cc2ccccc2)n(C)c1=O. The Kier molecular flexibility index (Phi) is 5.72. The van der Waals surface area contributed by atoms with Crippen molar-refractivity contribution >= 4 is 35.3 Å². The van der Waals surface area contributed by atoms with Gasteiger partial charge < -0.3 is 4.42 Å². The number of aromatic nitrogens is 4. The van der Waals surface area contributed by atoms with Gasteiger partial charge in [-0.05, 0) is 23.8 Å². The Morgan fingerprint density at radius 1 is 1.15 bits per heavy atom. The van der Waals surface area contributed by atoms with E-state index in [-0.39, 0.29) is 23.0 Å². The van der Waals surface area contributed by atoms with Crippen molar-refractivity contribution in [1.29, 1.82) is 0 Å². The Morgan fingerprint density at radius 3 is 2.61 bits per heavy atom. The number of furan rings is 1. The van der Waals surface area contributed by atoms with Crippen LogP contribution in [0.3, 0.4) is 0 Å². The van der Waals surface area contributed by atoms with Gasteiger partial charge in [0.1, 0.15) is 10.7 Å². The van der Waals surface area contributed by atoms with Crippen LogP contribution in [-0.2, 0) is 20.6 Å². The summed E-state index contributed by atoms with van der Waals surface area (Å²) < 4.78 is 9.02. The lowest BCUT2D eigenvalue weighted by Gasteiger charge is -2.09. The topological polar surface area (TPSA) is 142 Å². The van der Waals surface area contributed by atoms with Crippen LogP contribution in [0, 0.1) is 10.1 Å². The first-order valence-electron chi connectivity index (χ1n) is 9.77. The number of nitrogens with zero attached hydrogens (tertiary/aromatic N) is 6. The zero-order valence-electron chi connectivity index (χ0n) is 17.7. The summed E-state index contributed by atoms with van der Waals surface area (Å²) in [5.41, 5.74) is 3.27. The molecule has 168 valence electrons. The van der Waals surface area contributed by atoms with Crippen LogP contribution >= 0.6 is 0 Å². The standard InChI is InChI=1S/C21H19N7O5/c1-25-18-17(19(29)26(2)21(25)30)27(13-14-7-4-3-5-8-14)20(23-18)24-22-12-6-9-15-10-11-16(33-15)28(31)32/h3-12H,13H2,1-2H3,(H,23,24)/b9-6+,22-12-. The van der Waals surface area contributed by atoms with Crippen molar-refractivity contribution in [2.45, 2.75) is 6.54 Å². The van der Waals surface area contributed by atoms with E-state index < -0.39 is 16.2 Å². The zero-order chi connectivity index (χ0) is 23.5. The minimum absolute atomic E-state index is 0.232. The predicted octanol–water partition coefficient (Wildman–Crippen LogP) is 2.09. The minimum atomic E-state index is -0.623. The van der Waals surface area contributed by atoms with Crippen LogP contribution in [0.5, 0.6) is 0 Å². The van der Waals surface area contributed by atoms with Crippen molar-refractivity contribution in [3.8, 4) is 0 Å². The molecule has 4 rings (SSSR count). The summed E-state index contributed by atoms with van der Waals surface area (Å²) in [5, 5.41) is 14.8. The molecular formula is C21H19N7O5. The van der Waals surface area contributed by atoms with E-state index >= 15 is 0 Å². The molecule has 3 aromatic heterocycles. The van der Waals surface area contributed by atoms with Gasteiger partial charge in [-0.2, -0.15) is 10.1 Å². The highest BCUT2D eigenvalue weighted by molar-refractivity contribution is 5.79. The predicted molar refractivity (Wildman–Crippen MR) is 122 cm³/mol. The summed E-state index contributed by atoms with van der Waals surface area (Å²) in [5.74, 6) is 0.208. The van der Waals surface area contributed by atoms with Crippen LogP contribution in [0.2, 0.25) is 0 Å². The first-order chi connectivity index (χ1) is 15.9. The fourth-order valence-electron chi connectivity index (χ4n) is 3.26. The molecule has 1 aromatic carbocycles. The molecule has 1 N–H and O–H groups in total. The smallest absolute Gasteiger partial charge is 0.401 e. The van der Waals surface area contributed by atoms with E-state index in [4.69, 9.17) is 4.42 Å². The number of hydrogen-bond donors (Lipinski definition) is 1. The number of nitro groups is 1. The molecule has 0 saturated carbocycles. The van der Waals surface area contributed by atoms with Crippen LogP contribution < -0.4 is 16.7 Å². The number of allylic oxidation sites excluding steroid dienone is 1. The second kappa shape index (κ2) is 8.78. The van der Waals surface area contributed by atoms with E-state index in [0.29, 0.717) is 12.3 Å². The lowest BCUT2D eigenvalue weighted by atomic mass is 10.2. The maximum Gasteiger partial charge on any atom is 0.433 e. The summed E-state index contributed by atoms with van der Waals surface area (Å²) >= 11 is 0. The normalized spacial score (nSPS) is 11.7. The Balaban J connectivity index is 1.67. The third-order valence-corrected chi connectivity index (χ3v) is 4.91. The van der Waals surface area contributed by atoms with Crippen LogP contribution in [0.15, 0.2) is 67.6 Å². The van der Waals surface area contributed by atoms with Gasteiger partial charge in [-0.1, -0.05) is 30.3 Å². The number of benzene rings is 1. The largest absolute Gasteiger partial charge is 0.433 e. The summed E-state index contributed by atoms with van der Waals surface area (Å²) in [6.07, 6.45) is 4.43. The van der Waals surface area contributed by atoms with Crippen molar-refractivity contribution in [2.24, 2.45) is 19.2 Å². The van der Waals surface area contributed by atoms with E-state index in [1.165, 1.54) is 42.1 Å². The average molecular weight is 449 g/mol. The summed E-state index contributed by atoms with van der Waals surface area (Å²) in [6.45, 7) is 0.328. The Labute approximate surface area is 185 Å². The molecular weight excluding hydrogens is 430 g/mol. The molecule has 33 heavy (non-hydrogen) atoms. The fourth-order valence-corrected chi connectivity index (χ4v) is 3.26. The molecule has 0 aliphatic rings. The summed E-state index contributed by atoms with van der Waals surface area (Å²) in [6, 6.07) is 12.2. The molecule has 4 aromatic rings. The number of imidazole rings is 1. The molecule has 0 atom stereocenters. The zero-order valence-corrected chi connectivity index (χ0v) is 17.7. The maximum absolute atomic E-state index is 12.9. The third kappa shape index (κ3) is 4.21. The van der Waals surface area contributed by atoms with Gasteiger partial charge in [-0.25, -0.2) is 10.2 Å². The van der Waals surface area contributed by atoms with E-state index in [0.717, 1.165) is 10.1 Å². The van der Waals surface area contributed by atoms with Gasteiger partial charge in [0.05, 0.1) is 12.6 Å². The Bertz CT molecular complexity index is 1510. The highest BCUT2D eigenvalue weighted by Gasteiger charge is 2.19. The van der Waals surface area contributed by atoms with E-state index in [2.05, 4.69) is 15.5 Å². The summed E-state index contributed by atoms with van der Waals surface area (Å²) in [7, 11) is 2.96. The number of aryl methyl sites for hydroxylation is 1. The highest BCUT2D eigenvalue weighted by atomic mass is 16.6. The third-order valence-electron chi connectivity index (χ3n) is 4.91. The number of anilines is 1. The quantitative estimate of drug-likeness (QED) is 0.259. The molecule has 0 bridgehead atoms. The van der Waals surface area contributed by atoms with Gasteiger partial charge in [-0.15, -0.1) is 0 Å². The van der Waals surface area contributed by atoms with E-state index in [1.807, 2.05) is 30.3 Å². The number of rotatable bonds is 7. The molecule has 0 aliphatic heterocycles. The second-order valence-electron chi connectivity index (χ2n) is 7.07. The van der Waals surface area contributed by atoms with Crippen molar-refractivity contribution in [3.63, 3.8) is 0 Å². The monoisotopic (exact) mass is 449 g/mol. The molecule has 12 heteroatoms. The van der Waals surface area contributed by atoms with Crippen molar-refractivity contribution in [3.05, 3.63) is 90.8 Å². The van der Waals surface area contributed by atoms with Crippen molar-refractivity contribution in [1.82, 2.24) is 18.7 Å². The summed E-state index contributed by atoms with van der Waals surface area (Å²) in [4.78, 5) is 39.7. The van der Waals surface area contributed by atoms with Crippen LogP contribution in [0.25, 0.3) is 17.2 Å². The first kappa shape index (κ1) is 21.5. The Morgan fingerprint density at radius 2 is 1.91 bits per heavy atom. The van der Waals surface area contributed by atoms with Gasteiger partial charge in [0.2, 0.25) is 5.95 Å². The molecule has 0 radical (unpaired) electrons. The van der Waals surface area contributed by atoms with E-state index in [1.54, 1.807) is 11.6 Å².